The van der Waals surface area contributed by atoms with Gasteiger partial charge >= 0.3 is 26.2 Å². The van der Waals surface area contributed by atoms with Crippen LogP contribution in [0.15, 0.2) is 36.4 Å². The van der Waals surface area contributed by atoms with Gasteiger partial charge in [-0.25, -0.2) is 24.3 Å². The second-order valence-electron chi connectivity index (χ2n) is 7.57. The molecule has 3 heteroatoms. The number of hydrogen-bond acceptors (Lipinski definition) is 0. The van der Waals surface area contributed by atoms with Crippen LogP contribution in [-0.2, 0) is 51.9 Å². The van der Waals surface area contributed by atoms with Crippen molar-refractivity contribution in [2.75, 3.05) is 0 Å². The van der Waals surface area contributed by atoms with Crippen molar-refractivity contribution in [2.45, 2.75) is 105 Å². The third-order valence-corrected chi connectivity index (χ3v) is 5.21. The predicted octanol–water partition coefficient (Wildman–Crippen LogP) is 2.19. The van der Waals surface area contributed by atoms with E-state index in [1.807, 2.05) is 0 Å². The van der Waals surface area contributed by atoms with Crippen LogP contribution in [0.5, 0.6) is 0 Å². The van der Waals surface area contributed by atoms with Gasteiger partial charge in [-0.1, -0.05) is 105 Å². The SMILES string of the molecule is CCCCc1ccc[c-]1CCCC.CCCCc1ccc[c-]1CCCC.[Cl-].[Cl-].[Zr+4]. The van der Waals surface area contributed by atoms with E-state index < -0.39 is 0 Å². The molecular formula is C26H42Cl2Zr. The summed E-state index contributed by atoms with van der Waals surface area (Å²) < 4.78 is 0. The van der Waals surface area contributed by atoms with Gasteiger partial charge in [0, 0.05) is 0 Å². The summed E-state index contributed by atoms with van der Waals surface area (Å²) in [5.41, 5.74) is 6.37. The normalized spacial score (nSPS) is 9.52. The van der Waals surface area contributed by atoms with Crippen LogP contribution in [0.3, 0.4) is 0 Å². The van der Waals surface area contributed by atoms with Gasteiger partial charge in [-0.3, -0.25) is 0 Å². The fourth-order valence-electron chi connectivity index (χ4n) is 3.43. The van der Waals surface area contributed by atoms with E-state index in [0.717, 1.165) is 0 Å². The minimum atomic E-state index is 0. The summed E-state index contributed by atoms with van der Waals surface area (Å²) >= 11 is 0. The molecule has 0 fully saturated rings. The molecule has 0 heterocycles. The Bertz CT molecular complexity index is 461. The molecule has 0 atom stereocenters. The third kappa shape index (κ3) is 14.7. The molecule has 0 spiro atoms. The first-order valence-electron chi connectivity index (χ1n) is 11.2. The van der Waals surface area contributed by atoms with Crippen LogP contribution < -0.4 is 24.8 Å². The zero-order valence-corrected chi connectivity index (χ0v) is 23.2. The van der Waals surface area contributed by atoms with Gasteiger partial charge in [-0.05, 0) is 0 Å². The van der Waals surface area contributed by atoms with Gasteiger partial charge in [0.25, 0.3) is 0 Å². The van der Waals surface area contributed by atoms with E-state index in [4.69, 9.17) is 0 Å². The van der Waals surface area contributed by atoms with E-state index in [0.29, 0.717) is 0 Å². The van der Waals surface area contributed by atoms with Gasteiger partial charge in [0.2, 0.25) is 0 Å². The molecule has 0 amide bonds. The Morgan fingerprint density at radius 1 is 0.586 bits per heavy atom. The molecule has 0 aliphatic rings. The third-order valence-electron chi connectivity index (χ3n) is 5.21. The minimum Gasteiger partial charge on any atom is -1.00 e. The topological polar surface area (TPSA) is 0 Å². The number of unbranched alkanes of at least 4 members (excludes halogenated alkanes) is 4. The molecule has 0 saturated carbocycles. The van der Waals surface area contributed by atoms with Crippen molar-refractivity contribution < 1.29 is 51.0 Å². The summed E-state index contributed by atoms with van der Waals surface area (Å²) in [6.45, 7) is 9.03. The summed E-state index contributed by atoms with van der Waals surface area (Å²) in [6, 6.07) is 13.6. The first kappa shape index (κ1) is 33.8. The minimum absolute atomic E-state index is 0. The maximum atomic E-state index is 2.29. The average molecular weight is 517 g/mol. The fourth-order valence-corrected chi connectivity index (χ4v) is 3.43. The molecule has 2 aromatic rings. The second kappa shape index (κ2) is 22.8. The average Bonchev–Trinajstić information content (AvgIpc) is 3.30. The van der Waals surface area contributed by atoms with E-state index in [9.17, 15) is 0 Å². The molecule has 2 aromatic carbocycles. The van der Waals surface area contributed by atoms with Crippen molar-refractivity contribution in [3.63, 3.8) is 0 Å². The largest absolute Gasteiger partial charge is 4.00 e. The van der Waals surface area contributed by atoms with Gasteiger partial charge in [0.05, 0.1) is 0 Å². The molecule has 0 bridgehead atoms. The number of halogens is 2. The van der Waals surface area contributed by atoms with Crippen molar-refractivity contribution in [1.82, 2.24) is 0 Å². The number of hydrogen-bond donors (Lipinski definition) is 0. The summed E-state index contributed by atoms with van der Waals surface area (Å²) in [7, 11) is 0. The van der Waals surface area contributed by atoms with Crippen LogP contribution >= 0.6 is 0 Å². The number of rotatable bonds is 12. The van der Waals surface area contributed by atoms with Gasteiger partial charge in [0.1, 0.15) is 0 Å². The van der Waals surface area contributed by atoms with Gasteiger partial charge in [-0.15, -0.1) is 0 Å². The smallest absolute Gasteiger partial charge is 1.00 e. The predicted molar refractivity (Wildman–Crippen MR) is 119 cm³/mol. The summed E-state index contributed by atoms with van der Waals surface area (Å²) in [4.78, 5) is 0. The first-order chi connectivity index (χ1) is 12.8. The molecular weight excluding hydrogens is 474 g/mol. The van der Waals surface area contributed by atoms with Crippen LogP contribution in [0.4, 0.5) is 0 Å². The molecule has 0 aromatic heterocycles. The second-order valence-corrected chi connectivity index (χ2v) is 7.57. The maximum absolute atomic E-state index is 2.29. The monoisotopic (exact) mass is 514 g/mol. The van der Waals surface area contributed by atoms with Crippen LogP contribution in [-0.4, -0.2) is 0 Å². The van der Waals surface area contributed by atoms with E-state index in [-0.39, 0.29) is 51.0 Å². The molecule has 164 valence electrons. The molecule has 0 aliphatic carbocycles. The van der Waals surface area contributed by atoms with Crippen molar-refractivity contribution >= 4 is 0 Å². The summed E-state index contributed by atoms with van der Waals surface area (Å²) in [5, 5.41) is 0. The fraction of sp³-hybridized carbons (Fsp3) is 0.615. The van der Waals surface area contributed by atoms with Gasteiger partial charge in [-0.2, -0.15) is 34.4 Å². The van der Waals surface area contributed by atoms with Gasteiger partial charge < -0.3 is 24.8 Å². The summed E-state index contributed by atoms with van der Waals surface area (Å²) in [5.74, 6) is 0. The molecule has 2 rings (SSSR count). The Morgan fingerprint density at radius 2 is 0.931 bits per heavy atom. The van der Waals surface area contributed by atoms with Crippen molar-refractivity contribution in [3.05, 3.63) is 58.7 Å². The van der Waals surface area contributed by atoms with E-state index in [2.05, 4.69) is 64.1 Å². The van der Waals surface area contributed by atoms with Crippen LogP contribution in [0.2, 0.25) is 0 Å². The van der Waals surface area contributed by atoms with E-state index >= 15 is 0 Å². The molecule has 0 aliphatic heterocycles. The Balaban J connectivity index is -0.000000422. The maximum Gasteiger partial charge on any atom is 4.00 e. The molecule has 29 heavy (non-hydrogen) atoms. The first-order valence-corrected chi connectivity index (χ1v) is 11.2. The molecule has 0 unspecified atom stereocenters. The Labute approximate surface area is 213 Å². The zero-order valence-electron chi connectivity index (χ0n) is 19.2. The molecule has 0 saturated heterocycles. The Morgan fingerprint density at radius 3 is 1.24 bits per heavy atom. The Kier molecular flexibility index (Phi) is 26.6. The molecule has 0 radical (unpaired) electrons. The molecule has 0 nitrogen and oxygen atoms in total. The van der Waals surface area contributed by atoms with Crippen LogP contribution in [0.1, 0.15) is 101 Å². The standard InChI is InChI=1S/2C13H21.2ClH.Zr/c2*1-3-5-8-12-10-7-11-13(12)9-6-4-2;;;/h2*7,10-11H,3-6,8-9H2,1-2H3;2*1H;/q2*-1;;;+4/p-2. The van der Waals surface area contributed by atoms with E-state index in [1.54, 1.807) is 22.3 Å². The quantitative estimate of drug-likeness (QED) is 0.380. The van der Waals surface area contributed by atoms with Crippen LogP contribution in [0.25, 0.3) is 0 Å². The van der Waals surface area contributed by atoms with E-state index in [1.165, 1.54) is 77.0 Å². The van der Waals surface area contributed by atoms with Crippen molar-refractivity contribution in [3.8, 4) is 0 Å². The Hall–Kier alpha value is 0.163. The van der Waals surface area contributed by atoms with Crippen LogP contribution in [0, 0.1) is 0 Å². The van der Waals surface area contributed by atoms with Crippen molar-refractivity contribution in [2.24, 2.45) is 0 Å². The molecule has 0 N–H and O–H groups in total. The number of aryl methyl sites for hydroxylation is 4. The van der Waals surface area contributed by atoms with Gasteiger partial charge in [0.15, 0.2) is 0 Å². The summed E-state index contributed by atoms with van der Waals surface area (Å²) in [6.07, 6.45) is 15.7. The van der Waals surface area contributed by atoms with Crippen molar-refractivity contribution in [1.29, 1.82) is 0 Å². The zero-order chi connectivity index (χ0) is 19.0.